The van der Waals surface area contributed by atoms with Gasteiger partial charge in [-0.3, -0.25) is 0 Å². The van der Waals surface area contributed by atoms with Crippen molar-refractivity contribution in [2.45, 2.75) is 32.2 Å². The molecule has 0 aromatic carbocycles. The summed E-state index contributed by atoms with van der Waals surface area (Å²) in [6.45, 7) is 3.15. The molecule has 0 radical (unpaired) electrons. The minimum atomic E-state index is 0.232. The molecule has 1 fully saturated rings. The Morgan fingerprint density at radius 3 is 3.15 bits per heavy atom. The van der Waals surface area contributed by atoms with E-state index in [1.165, 1.54) is 30.8 Å². The Bertz CT molecular complexity index is 165. The summed E-state index contributed by atoms with van der Waals surface area (Å²) in [5.41, 5.74) is 0. The molecule has 0 spiro atoms. The topological polar surface area (TPSA) is 12.0 Å². The number of nitrogens with one attached hydrogen (secondary N) is 1. The van der Waals surface area contributed by atoms with Gasteiger partial charge in [-0.2, -0.15) is 11.8 Å². The zero-order chi connectivity index (χ0) is 9.52. The number of rotatable bonds is 3. The predicted molar refractivity (Wildman–Crippen MR) is 61.0 cm³/mol. The van der Waals surface area contributed by atoms with Gasteiger partial charge in [0.05, 0.1) is 6.04 Å². The molecule has 0 bridgehead atoms. The molecule has 1 N–H and O–H groups in total. The third kappa shape index (κ3) is 4.59. The van der Waals surface area contributed by atoms with E-state index >= 15 is 0 Å². The molecule has 1 heterocycles. The summed E-state index contributed by atoms with van der Waals surface area (Å²) in [4.78, 5) is 0. The second kappa shape index (κ2) is 6.34. The molecule has 2 unspecified atom stereocenters. The fourth-order valence-electron chi connectivity index (χ4n) is 1.58. The SMILES string of the molecule is C#CC(C)NCC1CCCSCC1. The van der Waals surface area contributed by atoms with Crippen LogP contribution in [-0.2, 0) is 0 Å². The molecule has 1 aliphatic heterocycles. The Labute approximate surface area is 86.1 Å². The summed E-state index contributed by atoms with van der Waals surface area (Å²) in [5.74, 6) is 6.23. The van der Waals surface area contributed by atoms with E-state index in [1.54, 1.807) is 0 Å². The van der Waals surface area contributed by atoms with Gasteiger partial charge >= 0.3 is 0 Å². The van der Waals surface area contributed by atoms with E-state index in [-0.39, 0.29) is 6.04 Å². The molecule has 1 nitrogen and oxygen atoms in total. The van der Waals surface area contributed by atoms with Crippen LogP contribution >= 0.6 is 11.8 Å². The lowest BCUT2D eigenvalue weighted by Gasteiger charge is -2.15. The minimum Gasteiger partial charge on any atom is -0.304 e. The molecule has 0 amide bonds. The van der Waals surface area contributed by atoms with E-state index in [1.807, 2.05) is 6.92 Å². The summed E-state index contributed by atoms with van der Waals surface area (Å²) in [7, 11) is 0. The van der Waals surface area contributed by atoms with Gasteiger partial charge in [0.15, 0.2) is 0 Å². The quantitative estimate of drug-likeness (QED) is 0.696. The van der Waals surface area contributed by atoms with Gasteiger partial charge in [-0.1, -0.05) is 5.92 Å². The van der Waals surface area contributed by atoms with Crippen molar-refractivity contribution in [2.75, 3.05) is 18.1 Å². The van der Waals surface area contributed by atoms with Gasteiger partial charge in [-0.25, -0.2) is 0 Å². The Morgan fingerprint density at radius 1 is 1.54 bits per heavy atom. The first-order chi connectivity index (χ1) is 6.33. The fraction of sp³-hybridized carbons (Fsp3) is 0.818. The van der Waals surface area contributed by atoms with Crippen molar-refractivity contribution in [3.8, 4) is 12.3 Å². The van der Waals surface area contributed by atoms with Crippen molar-refractivity contribution in [1.29, 1.82) is 0 Å². The van der Waals surface area contributed by atoms with E-state index < -0.39 is 0 Å². The standard InChI is InChI=1S/C11H19NS/c1-3-10(2)12-9-11-5-4-7-13-8-6-11/h1,10-12H,4-9H2,2H3. The van der Waals surface area contributed by atoms with Gasteiger partial charge in [0, 0.05) is 0 Å². The van der Waals surface area contributed by atoms with Crippen LogP contribution in [0.15, 0.2) is 0 Å². The molecular weight excluding hydrogens is 178 g/mol. The first-order valence-corrected chi connectivity index (χ1v) is 6.25. The molecule has 13 heavy (non-hydrogen) atoms. The summed E-state index contributed by atoms with van der Waals surface area (Å²) < 4.78 is 0. The molecule has 2 atom stereocenters. The number of thioether (sulfide) groups is 1. The van der Waals surface area contributed by atoms with Crippen LogP contribution in [0.3, 0.4) is 0 Å². The van der Waals surface area contributed by atoms with Crippen molar-refractivity contribution in [2.24, 2.45) is 5.92 Å². The highest BCUT2D eigenvalue weighted by atomic mass is 32.2. The number of hydrogen-bond acceptors (Lipinski definition) is 2. The first-order valence-electron chi connectivity index (χ1n) is 5.10. The third-order valence-corrected chi connectivity index (χ3v) is 3.64. The molecule has 2 heteroatoms. The maximum absolute atomic E-state index is 5.30. The van der Waals surface area contributed by atoms with Gasteiger partial charge in [0.25, 0.3) is 0 Å². The summed E-state index contributed by atoms with van der Waals surface area (Å²) in [6, 6.07) is 0.232. The number of terminal acetylenes is 1. The molecule has 0 saturated carbocycles. The molecule has 1 rings (SSSR count). The van der Waals surface area contributed by atoms with Crippen LogP contribution in [0.25, 0.3) is 0 Å². The second-order valence-corrected chi connectivity index (χ2v) is 4.93. The molecule has 74 valence electrons. The van der Waals surface area contributed by atoms with Crippen LogP contribution in [0.5, 0.6) is 0 Å². The highest BCUT2D eigenvalue weighted by Crippen LogP contribution is 2.21. The normalized spacial score (nSPS) is 26.0. The Hall–Kier alpha value is -0.130. The zero-order valence-corrected chi connectivity index (χ0v) is 9.20. The van der Waals surface area contributed by atoms with E-state index in [9.17, 15) is 0 Å². The van der Waals surface area contributed by atoms with Crippen molar-refractivity contribution < 1.29 is 0 Å². The maximum Gasteiger partial charge on any atom is 0.0658 e. The first kappa shape index (κ1) is 10.9. The number of hydrogen-bond donors (Lipinski definition) is 1. The van der Waals surface area contributed by atoms with E-state index in [0.717, 1.165) is 12.5 Å². The van der Waals surface area contributed by atoms with E-state index in [4.69, 9.17) is 6.42 Å². The van der Waals surface area contributed by atoms with E-state index in [2.05, 4.69) is 23.0 Å². The minimum absolute atomic E-state index is 0.232. The van der Waals surface area contributed by atoms with Crippen LogP contribution in [-0.4, -0.2) is 24.1 Å². The lowest BCUT2D eigenvalue weighted by molar-refractivity contribution is 0.430. The Balaban J connectivity index is 2.16. The molecule has 1 saturated heterocycles. The van der Waals surface area contributed by atoms with Crippen molar-refractivity contribution in [1.82, 2.24) is 5.32 Å². The van der Waals surface area contributed by atoms with Gasteiger partial charge in [-0.05, 0) is 50.2 Å². The second-order valence-electron chi connectivity index (χ2n) is 3.71. The van der Waals surface area contributed by atoms with Gasteiger partial charge < -0.3 is 5.32 Å². The predicted octanol–water partition coefficient (Wildman–Crippen LogP) is 2.13. The summed E-state index contributed by atoms with van der Waals surface area (Å²) in [6.07, 6.45) is 9.41. The van der Waals surface area contributed by atoms with Crippen molar-refractivity contribution in [3.05, 3.63) is 0 Å². The largest absolute Gasteiger partial charge is 0.304 e. The summed E-state index contributed by atoms with van der Waals surface area (Å²) >= 11 is 2.09. The van der Waals surface area contributed by atoms with Crippen LogP contribution in [0.2, 0.25) is 0 Å². The molecule has 0 aliphatic carbocycles. The molecule has 0 aromatic heterocycles. The monoisotopic (exact) mass is 197 g/mol. The van der Waals surface area contributed by atoms with E-state index in [0.29, 0.717) is 0 Å². The fourth-order valence-corrected chi connectivity index (χ4v) is 2.65. The van der Waals surface area contributed by atoms with Crippen LogP contribution in [0.1, 0.15) is 26.2 Å². The zero-order valence-electron chi connectivity index (χ0n) is 8.38. The lowest BCUT2D eigenvalue weighted by Crippen LogP contribution is -2.30. The van der Waals surface area contributed by atoms with Crippen LogP contribution < -0.4 is 5.32 Å². The smallest absolute Gasteiger partial charge is 0.0658 e. The summed E-state index contributed by atoms with van der Waals surface area (Å²) in [5, 5.41) is 3.38. The van der Waals surface area contributed by atoms with Crippen molar-refractivity contribution in [3.63, 3.8) is 0 Å². The third-order valence-electron chi connectivity index (χ3n) is 2.53. The van der Waals surface area contributed by atoms with Gasteiger partial charge in [0.1, 0.15) is 0 Å². The maximum atomic E-state index is 5.30. The molecule has 0 aromatic rings. The molecule has 1 aliphatic rings. The Morgan fingerprint density at radius 2 is 2.38 bits per heavy atom. The lowest BCUT2D eigenvalue weighted by atomic mass is 10.0. The van der Waals surface area contributed by atoms with Crippen LogP contribution in [0.4, 0.5) is 0 Å². The highest BCUT2D eigenvalue weighted by molar-refractivity contribution is 7.99. The van der Waals surface area contributed by atoms with Crippen LogP contribution in [0, 0.1) is 18.3 Å². The van der Waals surface area contributed by atoms with Gasteiger partial charge in [-0.15, -0.1) is 6.42 Å². The molecular formula is C11H19NS. The van der Waals surface area contributed by atoms with Gasteiger partial charge in [0.2, 0.25) is 0 Å². The average Bonchev–Trinajstić information content (AvgIpc) is 2.42. The van der Waals surface area contributed by atoms with Crippen molar-refractivity contribution >= 4 is 11.8 Å². The average molecular weight is 197 g/mol. The Kier molecular flexibility index (Phi) is 5.34. The highest BCUT2D eigenvalue weighted by Gasteiger charge is 2.12.